The van der Waals surface area contributed by atoms with Crippen LogP contribution in [0.3, 0.4) is 0 Å². The van der Waals surface area contributed by atoms with Crippen molar-refractivity contribution in [2.75, 3.05) is 6.61 Å². The number of hydrogen-bond acceptors (Lipinski definition) is 4. The van der Waals surface area contributed by atoms with Gasteiger partial charge in [0.25, 0.3) is 0 Å². The molecule has 0 aliphatic heterocycles. The largest absolute Gasteiger partial charge is 0.461 e. The summed E-state index contributed by atoms with van der Waals surface area (Å²) in [6.45, 7) is 5.62. The fourth-order valence-electron chi connectivity index (χ4n) is 3.18. The van der Waals surface area contributed by atoms with Gasteiger partial charge in [-0.15, -0.1) is 0 Å². The van der Waals surface area contributed by atoms with Crippen molar-refractivity contribution in [2.45, 2.75) is 27.3 Å². The summed E-state index contributed by atoms with van der Waals surface area (Å²) in [5.74, 6) is -0.395. The average molecular weight is 420 g/mol. The number of rotatable bonds is 5. The van der Waals surface area contributed by atoms with E-state index in [1.54, 1.807) is 31.2 Å². The smallest absolute Gasteiger partial charge is 0.355 e. The monoisotopic (exact) mass is 419 g/mol. The minimum atomic E-state index is -0.412. The predicted octanol–water partition coefficient (Wildman–Crippen LogP) is 5.41. The van der Waals surface area contributed by atoms with E-state index in [1.165, 1.54) is 6.92 Å². The molecule has 0 aliphatic rings. The molecule has 3 aromatic rings. The van der Waals surface area contributed by atoms with E-state index in [9.17, 15) is 9.59 Å². The molecule has 0 radical (unpaired) electrons. The Balaban J connectivity index is 2.16. The van der Waals surface area contributed by atoms with Crippen LogP contribution in [0.2, 0.25) is 10.0 Å². The van der Waals surface area contributed by atoms with Crippen LogP contribution in [-0.2, 0) is 16.1 Å². The first-order chi connectivity index (χ1) is 13.3. The predicted molar refractivity (Wildman–Crippen MR) is 110 cm³/mol. The highest BCUT2D eigenvalue weighted by Gasteiger charge is 2.22. The maximum atomic E-state index is 12.7. The average Bonchev–Trinajstić information content (AvgIpc) is 2.89. The molecule has 2 aromatic carbocycles. The quantitative estimate of drug-likeness (QED) is 0.409. The van der Waals surface area contributed by atoms with Gasteiger partial charge in [0.05, 0.1) is 16.7 Å². The third-order valence-electron chi connectivity index (χ3n) is 4.34. The van der Waals surface area contributed by atoms with Crippen molar-refractivity contribution < 1.29 is 19.1 Å². The van der Waals surface area contributed by atoms with E-state index in [0.717, 1.165) is 22.0 Å². The van der Waals surface area contributed by atoms with Crippen molar-refractivity contribution in [3.8, 4) is 5.75 Å². The van der Waals surface area contributed by atoms with Crippen molar-refractivity contribution in [1.82, 2.24) is 4.57 Å². The summed E-state index contributed by atoms with van der Waals surface area (Å²) in [6, 6.07) is 10.6. The molecular weight excluding hydrogens is 401 g/mol. The highest BCUT2D eigenvalue weighted by Crippen LogP contribution is 2.31. The lowest BCUT2D eigenvalue weighted by atomic mass is 10.1. The molecule has 0 aliphatic carbocycles. The number of aryl methyl sites for hydroxylation is 1. The van der Waals surface area contributed by atoms with E-state index in [4.69, 9.17) is 32.7 Å². The Morgan fingerprint density at radius 1 is 1.07 bits per heavy atom. The van der Waals surface area contributed by atoms with Crippen LogP contribution >= 0.6 is 23.2 Å². The van der Waals surface area contributed by atoms with Gasteiger partial charge in [-0.25, -0.2) is 4.79 Å². The SMILES string of the molecule is CCOC(=O)c1c(C)c2cc(OC(C)=O)ccc2n1Cc1ccc(Cl)c(Cl)c1. The maximum absolute atomic E-state index is 12.7. The lowest BCUT2D eigenvalue weighted by Gasteiger charge is -2.12. The number of carbonyl (C=O) groups excluding carboxylic acids is 2. The molecule has 0 saturated carbocycles. The molecule has 0 unspecified atom stereocenters. The fourth-order valence-corrected chi connectivity index (χ4v) is 3.50. The summed E-state index contributed by atoms with van der Waals surface area (Å²) < 4.78 is 12.3. The summed E-state index contributed by atoms with van der Waals surface area (Å²) in [4.78, 5) is 23.9. The zero-order valence-electron chi connectivity index (χ0n) is 15.7. The van der Waals surface area contributed by atoms with Gasteiger partial charge >= 0.3 is 11.9 Å². The topological polar surface area (TPSA) is 57.5 Å². The second-order valence-electron chi connectivity index (χ2n) is 6.30. The Morgan fingerprint density at radius 2 is 1.82 bits per heavy atom. The Hall–Kier alpha value is -2.50. The summed E-state index contributed by atoms with van der Waals surface area (Å²) in [7, 11) is 0. The number of nitrogens with zero attached hydrogens (tertiary/aromatic N) is 1. The van der Waals surface area contributed by atoms with E-state index >= 15 is 0 Å². The van der Waals surface area contributed by atoms with Crippen LogP contribution in [0, 0.1) is 6.92 Å². The van der Waals surface area contributed by atoms with Crippen molar-refractivity contribution in [1.29, 1.82) is 0 Å². The van der Waals surface area contributed by atoms with Crippen LogP contribution in [-0.4, -0.2) is 23.1 Å². The molecule has 146 valence electrons. The Morgan fingerprint density at radius 3 is 2.46 bits per heavy atom. The minimum Gasteiger partial charge on any atom is -0.461 e. The number of ether oxygens (including phenoxy) is 2. The second-order valence-corrected chi connectivity index (χ2v) is 7.12. The molecule has 0 amide bonds. The first-order valence-electron chi connectivity index (χ1n) is 8.74. The molecule has 1 aromatic heterocycles. The normalized spacial score (nSPS) is 10.9. The van der Waals surface area contributed by atoms with Gasteiger partial charge in [0, 0.05) is 24.4 Å². The third-order valence-corrected chi connectivity index (χ3v) is 5.08. The molecule has 0 bridgehead atoms. The zero-order chi connectivity index (χ0) is 20.4. The lowest BCUT2D eigenvalue weighted by molar-refractivity contribution is -0.131. The summed E-state index contributed by atoms with van der Waals surface area (Å²) in [6.07, 6.45) is 0. The molecule has 28 heavy (non-hydrogen) atoms. The first-order valence-corrected chi connectivity index (χ1v) is 9.49. The van der Waals surface area contributed by atoms with Crippen LogP contribution in [0.25, 0.3) is 10.9 Å². The second kappa shape index (κ2) is 8.25. The van der Waals surface area contributed by atoms with Crippen LogP contribution in [0.5, 0.6) is 5.75 Å². The van der Waals surface area contributed by atoms with Gasteiger partial charge in [-0.2, -0.15) is 0 Å². The van der Waals surface area contributed by atoms with Gasteiger partial charge in [-0.05, 0) is 55.3 Å². The molecule has 1 heterocycles. The molecule has 0 saturated heterocycles. The molecule has 3 rings (SSSR count). The Bertz CT molecular complexity index is 1070. The Labute approximate surface area is 172 Å². The fraction of sp³-hybridized carbons (Fsp3) is 0.238. The molecule has 0 fully saturated rings. The van der Waals surface area contributed by atoms with Crippen molar-refractivity contribution in [2.24, 2.45) is 0 Å². The number of fused-ring (bicyclic) bond motifs is 1. The van der Waals surface area contributed by atoms with Gasteiger partial charge in [-0.3, -0.25) is 4.79 Å². The number of carbonyl (C=O) groups is 2. The van der Waals surface area contributed by atoms with Crippen LogP contribution in [0.15, 0.2) is 36.4 Å². The van der Waals surface area contributed by atoms with E-state index in [0.29, 0.717) is 28.0 Å². The molecule has 0 spiro atoms. The van der Waals surface area contributed by atoms with Crippen LogP contribution in [0.4, 0.5) is 0 Å². The number of esters is 2. The molecule has 0 N–H and O–H groups in total. The Kier molecular flexibility index (Phi) is 5.96. The molecule has 0 atom stereocenters. The highest BCUT2D eigenvalue weighted by atomic mass is 35.5. The highest BCUT2D eigenvalue weighted by molar-refractivity contribution is 6.42. The summed E-state index contributed by atoms with van der Waals surface area (Å²) in [5, 5.41) is 1.72. The zero-order valence-corrected chi connectivity index (χ0v) is 17.2. The van der Waals surface area contributed by atoms with E-state index in [1.807, 2.05) is 23.6 Å². The third kappa shape index (κ3) is 4.01. The molecular formula is C21H19Cl2NO4. The lowest BCUT2D eigenvalue weighted by Crippen LogP contribution is -2.14. The van der Waals surface area contributed by atoms with Gasteiger partial charge < -0.3 is 14.0 Å². The van der Waals surface area contributed by atoms with Crippen molar-refractivity contribution in [3.05, 3.63) is 63.3 Å². The summed E-state index contributed by atoms with van der Waals surface area (Å²) in [5.41, 5.74) is 2.91. The number of halogens is 2. The maximum Gasteiger partial charge on any atom is 0.355 e. The van der Waals surface area contributed by atoms with Crippen molar-refractivity contribution in [3.63, 3.8) is 0 Å². The van der Waals surface area contributed by atoms with Gasteiger partial charge in [-0.1, -0.05) is 29.3 Å². The number of aromatic nitrogens is 1. The van der Waals surface area contributed by atoms with Gasteiger partial charge in [0.2, 0.25) is 0 Å². The van der Waals surface area contributed by atoms with Crippen LogP contribution in [0.1, 0.15) is 35.5 Å². The molecule has 7 heteroatoms. The first kappa shape index (κ1) is 20.2. The van der Waals surface area contributed by atoms with Gasteiger partial charge in [0.15, 0.2) is 0 Å². The van der Waals surface area contributed by atoms with E-state index in [2.05, 4.69) is 0 Å². The summed E-state index contributed by atoms with van der Waals surface area (Å²) >= 11 is 12.2. The van der Waals surface area contributed by atoms with Crippen molar-refractivity contribution >= 4 is 46.0 Å². The number of benzene rings is 2. The molecule has 5 nitrogen and oxygen atoms in total. The van der Waals surface area contributed by atoms with Gasteiger partial charge in [0.1, 0.15) is 11.4 Å². The number of hydrogen-bond donors (Lipinski definition) is 0. The standard InChI is InChI=1S/C21H19Cl2NO4/c1-4-27-21(26)20-12(2)16-10-15(28-13(3)25)6-8-19(16)24(20)11-14-5-7-17(22)18(23)9-14/h5-10H,4,11H2,1-3H3. The van der Waals surface area contributed by atoms with Crippen LogP contribution < -0.4 is 4.74 Å². The minimum absolute atomic E-state index is 0.269. The van der Waals surface area contributed by atoms with E-state index in [-0.39, 0.29) is 6.61 Å². The van der Waals surface area contributed by atoms with E-state index < -0.39 is 11.9 Å².